The first-order valence-corrected chi connectivity index (χ1v) is 8.65. The first kappa shape index (κ1) is 17.0. The van der Waals surface area contributed by atoms with Crippen molar-refractivity contribution >= 4 is 0 Å². The van der Waals surface area contributed by atoms with Crippen molar-refractivity contribution in [2.24, 2.45) is 0 Å². The summed E-state index contributed by atoms with van der Waals surface area (Å²) in [7, 11) is 0. The first-order chi connectivity index (χ1) is 10.0. The Morgan fingerprint density at radius 3 is 1.00 bits per heavy atom. The van der Waals surface area contributed by atoms with Gasteiger partial charge in [-0.1, -0.05) is 100.0 Å². The molecule has 0 saturated heterocycles. The second-order valence-corrected chi connectivity index (χ2v) is 5.74. The van der Waals surface area contributed by atoms with Gasteiger partial charge in [0.1, 0.15) is 0 Å². The van der Waals surface area contributed by atoms with E-state index in [-0.39, 0.29) is 0 Å². The van der Waals surface area contributed by atoms with Crippen LogP contribution in [0.5, 0.6) is 0 Å². The van der Waals surface area contributed by atoms with Crippen molar-refractivity contribution < 1.29 is 0 Å². The SMILES string of the molecule is C1=CCCCCCCCCCCCC/C=C/C=C/C=C\1. The summed E-state index contributed by atoms with van der Waals surface area (Å²) in [5.41, 5.74) is 0. The molecule has 0 saturated carbocycles. The molecule has 1 aliphatic rings. The summed E-state index contributed by atoms with van der Waals surface area (Å²) in [6.07, 6.45) is 34.0. The van der Waals surface area contributed by atoms with Crippen LogP contribution in [0.25, 0.3) is 0 Å². The van der Waals surface area contributed by atoms with Gasteiger partial charge in [0.2, 0.25) is 0 Å². The Hall–Kier alpha value is -1.04. The van der Waals surface area contributed by atoms with Crippen molar-refractivity contribution in [1.82, 2.24) is 0 Å². The summed E-state index contributed by atoms with van der Waals surface area (Å²) in [5, 5.41) is 0. The molecular formula is C20H32. The van der Waals surface area contributed by atoms with E-state index in [4.69, 9.17) is 0 Å². The Bertz CT molecular complexity index is 272. The van der Waals surface area contributed by atoms with Crippen LogP contribution >= 0.6 is 0 Å². The fraction of sp³-hybridized carbons (Fsp3) is 0.600. The van der Waals surface area contributed by atoms with E-state index in [0.717, 1.165) is 0 Å². The molecule has 0 N–H and O–H groups in total. The molecular weight excluding hydrogens is 240 g/mol. The highest BCUT2D eigenvalue weighted by molar-refractivity contribution is 5.15. The maximum atomic E-state index is 2.29. The Morgan fingerprint density at radius 1 is 0.300 bits per heavy atom. The topological polar surface area (TPSA) is 0 Å². The summed E-state index contributed by atoms with van der Waals surface area (Å²) >= 11 is 0. The van der Waals surface area contributed by atoms with E-state index in [0.29, 0.717) is 0 Å². The summed E-state index contributed by atoms with van der Waals surface area (Å²) in [4.78, 5) is 0. The maximum absolute atomic E-state index is 2.29. The molecule has 20 heavy (non-hydrogen) atoms. The molecule has 0 nitrogen and oxygen atoms in total. The van der Waals surface area contributed by atoms with Gasteiger partial charge in [-0.3, -0.25) is 0 Å². The molecule has 0 aromatic rings. The molecule has 0 aromatic heterocycles. The van der Waals surface area contributed by atoms with Crippen molar-refractivity contribution in [2.75, 3.05) is 0 Å². The van der Waals surface area contributed by atoms with Crippen LogP contribution in [0.15, 0.2) is 48.6 Å². The normalized spacial score (nSPS) is 25.6. The van der Waals surface area contributed by atoms with E-state index in [1.807, 2.05) is 0 Å². The van der Waals surface area contributed by atoms with E-state index < -0.39 is 0 Å². The lowest BCUT2D eigenvalue weighted by atomic mass is 10.0. The third kappa shape index (κ3) is 12.0. The van der Waals surface area contributed by atoms with Crippen molar-refractivity contribution in [1.29, 1.82) is 0 Å². The Kier molecular flexibility index (Phi) is 12.2. The second kappa shape index (κ2) is 14.4. The smallest absolute Gasteiger partial charge is 0.0348 e. The molecule has 0 atom stereocenters. The van der Waals surface area contributed by atoms with E-state index in [1.165, 1.54) is 77.0 Å². The maximum Gasteiger partial charge on any atom is -0.0348 e. The van der Waals surface area contributed by atoms with E-state index in [1.54, 1.807) is 0 Å². The van der Waals surface area contributed by atoms with Gasteiger partial charge in [-0.15, -0.1) is 0 Å². The molecule has 0 unspecified atom stereocenters. The fourth-order valence-electron chi connectivity index (χ4n) is 2.54. The minimum absolute atomic E-state index is 1.23. The standard InChI is InChI=1S/C20H32/c1-2-4-6-8-10-12-14-16-18-20-19-17-15-13-11-9-7-5-3-1/h1-8H,9-20H2/b3-1-,4-2+,7-5?,8-6+. The lowest BCUT2D eigenvalue weighted by Gasteiger charge is -2.01. The molecule has 0 fully saturated rings. The largest absolute Gasteiger partial charge is 0.0845 e. The van der Waals surface area contributed by atoms with Crippen molar-refractivity contribution in [2.45, 2.75) is 77.0 Å². The first-order valence-electron chi connectivity index (χ1n) is 8.65. The van der Waals surface area contributed by atoms with Gasteiger partial charge in [0, 0.05) is 0 Å². The summed E-state index contributed by atoms with van der Waals surface area (Å²) in [6.45, 7) is 0. The van der Waals surface area contributed by atoms with Crippen molar-refractivity contribution in [3.63, 3.8) is 0 Å². The van der Waals surface area contributed by atoms with Crippen LogP contribution in [0.1, 0.15) is 77.0 Å². The van der Waals surface area contributed by atoms with Crippen LogP contribution < -0.4 is 0 Å². The second-order valence-electron chi connectivity index (χ2n) is 5.74. The van der Waals surface area contributed by atoms with Gasteiger partial charge in [-0.25, -0.2) is 0 Å². The zero-order chi connectivity index (χ0) is 14.1. The van der Waals surface area contributed by atoms with Gasteiger partial charge in [-0.05, 0) is 25.7 Å². The van der Waals surface area contributed by atoms with Gasteiger partial charge < -0.3 is 0 Å². The number of allylic oxidation sites excluding steroid dienone is 8. The van der Waals surface area contributed by atoms with Gasteiger partial charge >= 0.3 is 0 Å². The number of hydrogen-bond acceptors (Lipinski definition) is 0. The lowest BCUT2D eigenvalue weighted by Crippen LogP contribution is -1.82. The van der Waals surface area contributed by atoms with Crippen LogP contribution in [0.2, 0.25) is 0 Å². The highest BCUT2D eigenvalue weighted by Gasteiger charge is 1.92. The molecule has 0 bridgehead atoms. The summed E-state index contributed by atoms with van der Waals surface area (Å²) < 4.78 is 0. The van der Waals surface area contributed by atoms with E-state index in [9.17, 15) is 0 Å². The molecule has 0 aromatic carbocycles. The van der Waals surface area contributed by atoms with Gasteiger partial charge in [0.25, 0.3) is 0 Å². The zero-order valence-corrected chi connectivity index (χ0v) is 13.1. The Balaban J connectivity index is 2.24. The van der Waals surface area contributed by atoms with Crippen LogP contribution in [0, 0.1) is 0 Å². The third-order valence-corrected chi connectivity index (χ3v) is 3.82. The predicted octanol–water partition coefficient (Wildman–Crippen LogP) is 6.91. The highest BCUT2D eigenvalue weighted by Crippen LogP contribution is 2.12. The quantitative estimate of drug-likeness (QED) is 0.449. The molecule has 112 valence electrons. The minimum Gasteiger partial charge on any atom is -0.0845 e. The molecule has 0 heterocycles. The van der Waals surface area contributed by atoms with Gasteiger partial charge in [0.15, 0.2) is 0 Å². The van der Waals surface area contributed by atoms with E-state index in [2.05, 4.69) is 48.6 Å². The number of hydrogen-bond donors (Lipinski definition) is 0. The predicted molar refractivity (Wildman–Crippen MR) is 92.0 cm³/mol. The third-order valence-electron chi connectivity index (χ3n) is 3.82. The van der Waals surface area contributed by atoms with Gasteiger partial charge in [-0.2, -0.15) is 0 Å². The molecule has 1 aliphatic carbocycles. The molecule has 0 aliphatic heterocycles. The number of rotatable bonds is 0. The summed E-state index contributed by atoms with van der Waals surface area (Å²) in [6, 6.07) is 0. The Morgan fingerprint density at radius 2 is 0.600 bits per heavy atom. The average Bonchev–Trinajstić information content (AvgIpc) is 2.46. The zero-order valence-electron chi connectivity index (χ0n) is 13.1. The fourth-order valence-corrected chi connectivity index (χ4v) is 2.54. The van der Waals surface area contributed by atoms with Crippen molar-refractivity contribution in [3.8, 4) is 0 Å². The molecule has 0 spiro atoms. The molecule has 1 rings (SSSR count). The molecule has 0 amide bonds. The Labute approximate surface area is 126 Å². The van der Waals surface area contributed by atoms with E-state index >= 15 is 0 Å². The minimum atomic E-state index is 1.23. The monoisotopic (exact) mass is 272 g/mol. The van der Waals surface area contributed by atoms with Gasteiger partial charge in [0.05, 0.1) is 0 Å². The van der Waals surface area contributed by atoms with Crippen LogP contribution in [0.4, 0.5) is 0 Å². The van der Waals surface area contributed by atoms with Crippen LogP contribution in [-0.4, -0.2) is 0 Å². The van der Waals surface area contributed by atoms with Crippen LogP contribution in [-0.2, 0) is 0 Å². The summed E-state index contributed by atoms with van der Waals surface area (Å²) in [5.74, 6) is 0. The molecule has 0 heteroatoms. The van der Waals surface area contributed by atoms with Crippen LogP contribution in [0.3, 0.4) is 0 Å². The molecule has 0 radical (unpaired) electrons. The lowest BCUT2D eigenvalue weighted by molar-refractivity contribution is 0.553. The average molecular weight is 272 g/mol. The van der Waals surface area contributed by atoms with Crippen molar-refractivity contribution in [3.05, 3.63) is 48.6 Å². The highest BCUT2D eigenvalue weighted by atomic mass is 14.0.